The van der Waals surface area contributed by atoms with Gasteiger partial charge in [-0.15, -0.1) is 0 Å². The van der Waals surface area contributed by atoms with E-state index in [4.69, 9.17) is 9.72 Å². The van der Waals surface area contributed by atoms with Crippen molar-refractivity contribution < 1.29 is 18.6 Å². The van der Waals surface area contributed by atoms with Gasteiger partial charge in [0.15, 0.2) is 5.82 Å². The van der Waals surface area contributed by atoms with Crippen LogP contribution in [0.15, 0.2) is 30.3 Å². The van der Waals surface area contributed by atoms with Crippen molar-refractivity contribution in [3.63, 3.8) is 0 Å². The number of likely N-dealkylation sites (N-methyl/N-ethyl adjacent to an activating group) is 1. The van der Waals surface area contributed by atoms with E-state index in [1.165, 1.54) is 6.26 Å². The first-order valence-electron chi connectivity index (χ1n) is 9.66. The van der Waals surface area contributed by atoms with Gasteiger partial charge in [0.05, 0.1) is 31.2 Å². The Morgan fingerprint density at radius 3 is 2.47 bits per heavy atom. The Balaban J connectivity index is 1.86. The Morgan fingerprint density at radius 1 is 1.20 bits per heavy atom. The lowest BCUT2D eigenvalue weighted by molar-refractivity contribution is -0.116. The Morgan fingerprint density at radius 2 is 1.87 bits per heavy atom. The van der Waals surface area contributed by atoms with Gasteiger partial charge in [0.25, 0.3) is 0 Å². The van der Waals surface area contributed by atoms with Gasteiger partial charge >= 0.3 is 0 Å². The van der Waals surface area contributed by atoms with Crippen LogP contribution in [0.1, 0.15) is 5.69 Å². The molecule has 1 aromatic carbocycles. The summed E-state index contributed by atoms with van der Waals surface area (Å²) in [5.74, 6) is 1.22. The molecule has 0 unspecified atom stereocenters. The fourth-order valence-electron chi connectivity index (χ4n) is 3.11. The van der Waals surface area contributed by atoms with E-state index in [1.807, 2.05) is 32.3 Å². The van der Waals surface area contributed by atoms with E-state index in [1.54, 1.807) is 17.0 Å². The summed E-state index contributed by atoms with van der Waals surface area (Å²) < 4.78 is 25.3. The second kappa shape index (κ2) is 9.71. The summed E-state index contributed by atoms with van der Waals surface area (Å²) in [6.07, 6.45) is 1.41. The molecule has 1 aliphatic heterocycles. The van der Waals surface area contributed by atoms with Crippen molar-refractivity contribution in [2.45, 2.75) is 5.75 Å². The molecule has 1 saturated heterocycles. The third-order valence-electron chi connectivity index (χ3n) is 4.41. The number of nitrogens with one attached hydrogen (secondary N) is 1. The van der Waals surface area contributed by atoms with Crippen LogP contribution in [0.4, 0.5) is 11.5 Å². The monoisotopic (exact) mass is 435 g/mol. The molecule has 2 heterocycles. The van der Waals surface area contributed by atoms with E-state index in [2.05, 4.69) is 15.2 Å². The number of carbonyl (C=O) groups is 1. The number of aromatic nitrogens is 2. The number of rotatable bonds is 7. The maximum absolute atomic E-state index is 11.9. The standard InChI is InChI=1S/C20H29N5O4S/c1-24(2)13-19(26)21-16-6-4-15(5-7-16)20-22-17(14-30(3,27)28)12-18(23-20)25-8-10-29-11-9-25/h4-7,12,27-28H,8-11,13-14H2,1-3H3,(H,21,26). The molecule has 30 heavy (non-hydrogen) atoms. The first-order chi connectivity index (χ1) is 14.2. The smallest absolute Gasteiger partial charge is 0.238 e. The number of benzene rings is 1. The molecular formula is C20H29N5O4S. The van der Waals surface area contributed by atoms with Crippen LogP contribution in [0.3, 0.4) is 0 Å². The Hall–Kier alpha value is -2.24. The minimum atomic E-state index is -2.74. The van der Waals surface area contributed by atoms with Crippen LogP contribution in [0.2, 0.25) is 0 Å². The zero-order chi connectivity index (χ0) is 21.7. The second-order valence-electron chi connectivity index (χ2n) is 7.64. The quantitative estimate of drug-likeness (QED) is 0.608. The van der Waals surface area contributed by atoms with Gasteiger partial charge in [-0.3, -0.25) is 13.9 Å². The van der Waals surface area contributed by atoms with Crippen LogP contribution in [0.25, 0.3) is 11.4 Å². The predicted octanol–water partition coefficient (Wildman–Crippen LogP) is 2.36. The molecule has 0 saturated carbocycles. The van der Waals surface area contributed by atoms with Gasteiger partial charge in [-0.05, 0) is 38.4 Å². The summed E-state index contributed by atoms with van der Waals surface area (Å²) in [7, 11) is 0.937. The molecule has 9 nitrogen and oxygen atoms in total. The number of amides is 1. The maximum atomic E-state index is 11.9. The van der Waals surface area contributed by atoms with Crippen molar-refractivity contribution in [2.24, 2.45) is 0 Å². The number of anilines is 2. The first kappa shape index (κ1) is 22.4. The molecule has 1 amide bonds. The molecule has 2 aromatic rings. The lowest BCUT2D eigenvalue weighted by Gasteiger charge is -2.30. The van der Waals surface area contributed by atoms with Crippen molar-refractivity contribution >= 4 is 28.0 Å². The summed E-state index contributed by atoms with van der Waals surface area (Å²) >= 11 is 0. The summed E-state index contributed by atoms with van der Waals surface area (Å²) in [4.78, 5) is 25.1. The van der Waals surface area contributed by atoms with Crippen LogP contribution in [-0.2, 0) is 15.3 Å². The number of morpholine rings is 1. The lowest BCUT2D eigenvalue weighted by Crippen LogP contribution is -2.37. The Kier molecular flexibility index (Phi) is 7.27. The third kappa shape index (κ3) is 6.64. The number of hydrogen-bond acceptors (Lipinski definition) is 8. The predicted molar refractivity (Wildman–Crippen MR) is 120 cm³/mol. The fourth-order valence-corrected chi connectivity index (χ4v) is 3.82. The second-order valence-corrected chi connectivity index (χ2v) is 9.92. The molecule has 1 aliphatic rings. The fraction of sp³-hybridized carbons (Fsp3) is 0.450. The van der Waals surface area contributed by atoms with Gasteiger partial charge in [0.1, 0.15) is 5.82 Å². The molecule has 0 spiro atoms. The van der Waals surface area contributed by atoms with Gasteiger partial charge in [-0.1, -0.05) is 0 Å². The van der Waals surface area contributed by atoms with Crippen molar-refractivity contribution in [3.05, 3.63) is 36.0 Å². The molecule has 10 heteroatoms. The molecule has 1 fully saturated rings. The molecular weight excluding hydrogens is 406 g/mol. The van der Waals surface area contributed by atoms with Gasteiger partial charge in [-0.25, -0.2) is 9.97 Å². The first-order valence-corrected chi connectivity index (χ1v) is 11.8. The van der Waals surface area contributed by atoms with Crippen LogP contribution >= 0.6 is 10.6 Å². The number of ether oxygens (including phenoxy) is 1. The van der Waals surface area contributed by atoms with E-state index >= 15 is 0 Å². The number of nitrogens with zero attached hydrogens (tertiary/aromatic N) is 4. The molecule has 0 aliphatic carbocycles. The lowest BCUT2D eigenvalue weighted by atomic mass is 10.2. The minimum absolute atomic E-state index is 0.0680. The third-order valence-corrected chi connectivity index (χ3v) is 5.25. The molecule has 3 rings (SSSR count). The Bertz CT molecular complexity index is 864. The van der Waals surface area contributed by atoms with E-state index in [-0.39, 0.29) is 11.7 Å². The van der Waals surface area contributed by atoms with Gasteiger partial charge < -0.3 is 19.9 Å². The molecule has 3 N–H and O–H groups in total. The van der Waals surface area contributed by atoms with Crippen LogP contribution in [-0.4, -0.2) is 83.1 Å². The molecule has 164 valence electrons. The van der Waals surface area contributed by atoms with Crippen molar-refractivity contribution in [1.29, 1.82) is 0 Å². The number of carbonyl (C=O) groups excluding carboxylic acids is 1. The average molecular weight is 436 g/mol. The molecule has 1 aromatic heterocycles. The average Bonchev–Trinajstić information content (AvgIpc) is 2.67. The largest absolute Gasteiger partial charge is 0.378 e. The van der Waals surface area contributed by atoms with E-state index in [0.717, 1.165) is 24.5 Å². The van der Waals surface area contributed by atoms with Gasteiger partial charge in [0.2, 0.25) is 5.91 Å². The van der Waals surface area contributed by atoms with E-state index in [9.17, 15) is 13.9 Å². The molecule has 0 bridgehead atoms. The van der Waals surface area contributed by atoms with E-state index < -0.39 is 10.6 Å². The number of hydrogen-bond donors (Lipinski definition) is 3. The van der Waals surface area contributed by atoms with Crippen LogP contribution in [0, 0.1) is 0 Å². The highest BCUT2D eigenvalue weighted by Gasteiger charge is 2.18. The Labute approximate surface area is 178 Å². The maximum Gasteiger partial charge on any atom is 0.238 e. The summed E-state index contributed by atoms with van der Waals surface area (Å²) in [6.45, 7) is 2.99. The van der Waals surface area contributed by atoms with Crippen LogP contribution in [0.5, 0.6) is 0 Å². The highest BCUT2D eigenvalue weighted by Crippen LogP contribution is 2.38. The zero-order valence-corrected chi connectivity index (χ0v) is 18.4. The van der Waals surface area contributed by atoms with Crippen molar-refractivity contribution in [1.82, 2.24) is 14.9 Å². The van der Waals surface area contributed by atoms with E-state index in [0.29, 0.717) is 37.0 Å². The summed E-state index contributed by atoms with van der Waals surface area (Å²) in [5, 5.41) is 2.85. The van der Waals surface area contributed by atoms with Gasteiger partial charge in [-0.2, -0.15) is 10.6 Å². The minimum Gasteiger partial charge on any atom is -0.378 e. The molecule has 0 atom stereocenters. The highest BCUT2D eigenvalue weighted by atomic mass is 32.3. The topological polar surface area (TPSA) is 111 Å². The summed E-state index contributed by atoms with van der Waals surface area (Å²) in [5.41, 5.74) is 2.05. The SMILES string of the molecule is CN(C)CC(=O)Nc1ccc(-c2nc(CS(C)(O)O)cc(N3CCOCC3)n2)cc1. The summed E-state index contributed by atoms with van der Waals surface area (Å²) in [6, 6.07) is 9.11. The van der Waals surface area contributed by atoms with Gasteiger partial charge in [0, 0.05) is 36.7 Å². The zero-order valence-electron chi connectivity index (χ0n) is 17.5. The van der Waals surface area contributed by atoms with Crippen molar-refractivity contribution in [2.75, 3.05) is 63.4 Å². The highest BCUT2D eigenvalue weighted by molar-refractivity contribution is 8.23. The normalized spacial score (nSPS) is 15.3. The molecule has 0 radical (unpaired) electrons. The van der Waals surface area contributed by atoms with Crippen molar-refractivity contribution in [3.8, 4) is 11.4 Å². The van der Waals surface area contributed by atoms with Crippen LogP contribution < -0.4 is 10.2 Å².